The fourth-order valence-electron chi connectivity index (χ4n) is 4.19. The quantitative estimate of drug-likeness (QED) is 0.237. The SMILES string of the molecule is COc1cc2nc(C3CC3)nc(N[C@H](C)c3cccc(Nc4ccc(OC(F)(F)F)cc4)c3)c2cc1OC. The summed E-state index contributed by atoms with van der Waals surface area (Å²) in [5.74, 6) is 2.82. The summed E-state index contributed by atoms with van der Waals surface area (Å²) < 4.78 is 52.2. The molecule has 1 aliphatic rings. The Kier molecular flexibility index (Phi) is 6.88. The summed E-state index contributed by atoms with van der Waals surface area (Å²) in [6.45, 7) is 2.04. The molecule has 38 heavy (non-hydrogen) atoms. The molecule has 3 aromatic carbocycles. The Morgan fingerprint density at radius 1 is 0.895 bits per heavy atom. The lowest BCUT2D eigenvalue weighted by Crippen LogP contribution is -2.16. The van der Waals surface area contributed by atoms with Gasteiger partial charge in [0, 0.05) is 28.7 Å². The number of fused-ring (bicyclic) bond motifs is 1. The van der Waals surface area contributed by atoms with Crippen molar-refractivity contribution in [2.75, 3.05) is 24.9 Å². The number of ether oxygens (including phenoxy) is 3. The zero-order valence-corrected chi connectivity index (χ0v) is 21.1. The first kappa shape index (κ1) is 25.4. The molecule has 0 amide bonds. The summed E-state index contributed by atoms with van der Waals surface area (Å²) >= 11 is 0. The van der Waals surface area contributed by atoms with E-state index in [1.165, 1.54) is 24.3 Å². The molecule has 2 N–H and O–H groups in total. The summed E-state index contributed by atoms with van der Waals surface area (Å²) in [4.78, 5) is 9.64. The number of hydrogen-bond donors (Lipinski definition) is 2. The number of benzene rings is 3. The standard InChI is InChI=1S/C28H27F3N4O3/c1-16(18-5-4-6-20(13-18)33-19-9-11-21(12-10-19)38-28(29,30)31)32-27-22-14-24(36-2)25(37-3)15-23(22)34-26(35-27)17-7-8-17/h4-6,9-17,33H,7-8H2,1-3H3,(H,32,34,35)/t16-/m1/s1. The van der Waals surface area contributed by atoms with Gasteiger partial charge in [0.15, 0.2) is 11.5 Å². The van der Waals surface area contributed by atoms with Crippen LogP contribution in [0.15, 0.2) is 60.7 Å². The zero-order chi connectivity index (χ0) is 26.9. The molecule has 4 aromatic rings. The van der Waals surface area contributed by atoms with Crippen LogP contribution in [0.4, 0.5) is 30.4 Å². The van der Waals surface area contributed by atoms with E-state index in [1.54, 1.807) is 14.2 Å². The third kappa shape index (κ3) is 5.85. The van der Waals surface area contributed by atoms with Gasteiger partial charge >= 0.3 is 6.36 Å². The average Bonchev–Trinajstić information content (AvgIpc) is 3.74. The van der Waals surface area contributed by atoms with Crippen LogP contribution in [0.2, 0.25) is 0 Å². The summed E-state index contributed by atoms with van der Waals surface area (Å²) in [6.07, 6.45) is -2.58. The van der Waals surface area contributed by atoms with Gasteiger partial charge in [-0.2, -0.15) is 0 Å². The smallest absolute Gasteiger partial charge is 0.493 e. The van der Waals surface area contributed by atoms with Crippen LogP contribution in [0.25, 0.3) is 10.9 Å². The van der Waals surface area contributed by atoms with E-state index in [0.717, 1.165) is 40.8 Å². The van der Waals surface area contributed by atoms with Crippen LogP contribution in [-0.2, 0) is 0 Å². The number of nitrogens with one attached hydrogen (secondary N) is 2. The van der Waals surface area contributed by atoms with Crippen molar-refractivity contribution in [3.05, 3.63) is 72.1 Å². The topological polar surface area (TPSA) is 77.5 Å². The first-order valence-corrected chi connectivity index (χ1v) is 12.2. The summed E-state index contributed by atoms with van der Waals surface area (Å²) in [7, 11) is 3.19. The van der Waals surface area contributed by atoms with Gasteiger partial charge in [-0.3, -0.25) is 0 Å². The number of hydrogen-bond acceptors (Lipinski definition) is 7. The highest BCUT2D eigenvalue weighted by Crippen LogP contribution is 2.41. The third-order valence-corrected chi connectivity index (χ3v) is 6.28. The van der Waals surface area contributed by atoms with E-state index < -0.39 is 6.36 Å². The van der Waals surface area contributed by atoms with Crippen LogP contribution < -0.4 is 24.8 Å². The van der Waals surface area contributed by atoms with E-state index in [9.17, 15) is 13.2 Å². The number of methoxy groups -OCH3 is 2. The van der Waals surface area contributed by atoms with Gasteiger partial charge in [0.1, 0.15) is 17.4 Å². The van der Waals surface area contributed by atoms with Crippen LogP contribution in [0.3, 0.4) is 0 Å². The average molecular weight is 525 g/mol. The Morgan fingerprint density at radius 3 is 2.26 bits per heavy atom. The molecule has 1 fully saturated rings. The molecule has 0 bridgehead atoms. The Labute approximate surface area is 218 Å². The number of alkyl halides is 3. The van der Waals surface area contributed by atoms with Gasteiger partial charge in [-0.25, -0.2) is 9.97 Å². The molecule has 1 aromatic heterocycles. The third-order valence-electron chi connectivity index (χ3n) is 6.28. The Morgan fingerprint density at radius 2 is 1.61 bits per heavy atom. The van der Waals surface area contributed by atoms with E-state index in [0.29, 0.717) is 28.9 Å². The summed E-state index contributed by atoms with van der Waals surface area (Å²) in [5, 5.41) is 7.59. The second kappa shape index (κ2) is 10.3. The van der Waals surface area contributed by atoms with Gasteiger partial charge < -0.3 is 24.8 Å². The van der Waals surface area contributed by atoms with Crippen LogP contribution in [-0.4, -0.2) is 30.5 Å². The van der Waals surface area contributed by atoms with Gasteiger partial charge in [-0.15, -0.1) is 13.2 Å². The molecule has 0 spiro atoms. The largest absolute Gasteiger partial charge is 0.573 e. The Balaban J connectivity index is 1.38. The van der Waals surface area contributed by atoms with Gasteiger partial charge in [0.25, 0.3) is 0 Å². The molecule has 0 unspecified atom stereocenters. The maximum Gasteiger partial charge on any atom is 0.573 e. The molecule has 0 radical (unpaired) electrons. The number of rotatable bonds is 9. The lowest BCUT2D eigenvalue weighted by molar-refractivity contribution is -0.274. The monoisotopic (exact) mass is 524 g/mol. The van der Waals surface area contributed by atoms with Crippen molar-refractivity contribution in [1.82, 2.24) is 9.97 Å². The van der Waals surface area contributed by atoms with E-state index in [-0.39, 0.29) is 11.8 Å². The molecule has 7 nitrogen and oxygen atoms in total. The summed E-state index contributed by atoms with van der Waals surface area (Å²) in [6, 6.07) is 17.0. The molecule has 1 atom stereocenters. The van der Waals surface area contributed by atoms with Crippen LogP contribution in [0.1, 0.15) is 43.1 Å². The van der Waals surface area contributed by atoms with Crippen molar-refractivity contribution in [3.63, 3.8) is 0 Å². The van der Waals surface area contributed by atoms with Crippen molar-refractivity contribution in [2.24, 2.45) is 0 Å². The van der Waals surface area contributed by atoms with E-state index in [1.807, 2.05) is 43.3 Å². The van der Waals surface area contributed by atoms with Crippen molar-refractivity contribution in [1.29, 1.82) is 0 Å². The van der Waals surface area contributed by atoms with Crippen LogP contribution in [0.5, 0.6) is 17.2 Å². The van der Waals surface area contributed by atoms with Gasteiger partial charge in [-0.05, 0) is 67.8 Å². The Bertz CT molecular complexity index is 1440. The maximum absolute atomic E-state index is 12.4. The first-order valence-electron chi connectivity index (χ1n) is 12.2. The fourth-order valence-corrected chi connectivity index (χ4v) is 4.19. The van der Waals surface area contributed by atoms with Crippen molar-refractivity contribution < 1.29 is 27.4 Å². The lowest BCUT2D eigenvalue weighted by Gasteiger charge is -2.19. The molecule has 0 aliphatic heterocycles. The minimum absolute atomic E-state index is 0.113. The predicted molar refractivity (Wildman–Crippen MR) is 140 cm³/mol. The molecule has 198 valence electrons. The normalized spacial score (nSPS) is 14.2. The van der Waals surface area contributed by atoms with Gasteiger partial charge in [-0.1, -0.05) is 12.1 Å². The molecular weight excluding hydrogens is 497 g/mol. The highest BCUT2D eigenvalue weighted by atomic mass is 19.4. The highest BCUT2D eigenvalue weighted by Gasteiger charge is 2.31. The number of nitrogens with zero attached hydrogens (tertiary/aromatic N) is 2. The highest BCUT2D eigenvalue weighted by molar-refractivity contribution is 5.92. The minimum Gasteiger partial charge on any atom is -0.493 e. The zero-order valence-electron chi connectivity index (χ0n) is 21.1. The number of halogens is 3. The van der Waals surface area contributed by atoms with Gasteiger partial charge in [0.2, 0.25) is 0 Å². The summed E-state index contributed by atoms with van der Waals surface area (Å²) in [5.41, 5.74) is 3.20. The molecule has 1 heterocycles. The number of aromatic nitrogens is 2. The first-order chi connectivity index (χ1) is 18.2. The predicted octanol–water partition coefficient (Wildman–Crippen LogP) is 7.34. The second-order valence-electron chi connectivity index (χ2n) is 9.12. The van der Waals surface area contributed by atoms with Crippen molar-refractivity contribution >= 4 is 28.1 Å². The van der Waals surface area contributed by atoms with E-state index >= 15 is 0 Å². The molecule has 0 saturated heterocycles. The lowest BCUT2D eigenvalue weighted by atomic mass is 10.1. The van der Waals surface area contributed by atoms with Crippen molar-refractivity contribution in [3.8, 4) is 17.2 Å². The fraction of sp³-hybridized carbons (Fsp3) is 0.286. The van der Waals surface area contributed by atoms with Crippen LogP contribution in [0, 0.1) is 0 Å². The second-order valence-corrected chi connectivity index (χ2v) is 9.12. The minimum atomic E-state index is -4.72. The molecular formula is C28H27F3N4O3. The Hall–Kier alpha value is -4.21. The number of anilines is 3. The van der Waals surface area contributed by atoms with E-state index in [4.69, 9.17) is 19.4 Å². The van der Waals surface area contributed by atoms with Crippen LogP contribution >= 0.6 is 0 Å². The molecule has 1 saturated carbocycles. The molecule has 10 heteroatoms. The molecule has 1 aliphatic carbocycles. The van der Waals surface area contributed by atoms with Crippen molar-refractivity contribution in [2.45, 2.75) is 38.1 Å². The van der Waals surface area contributed by atoms with Gasteiger partial charge in [0.05, 0.1) is 25.8 Å². The molecule has 5 rings (SSSR count). The van der Waals surface area contributed by atoms with E-state index in [2.05, 4.69) is 15.4 Å². The maximum atomic E-state index is 12.4.